The highest BCUT2D eigenvalue weighted by atomic mass is 35.5. The minimum Gasteiger partial charge on any atom is -0.311 e. The zero-order chi connectivity index (χ0) is 24.6. The number of thiophene rings is 1. The third kappa shape index (κ3) is 4.73. The van der Waals surface area contributed by atoms with Crippen molar-refractivity contribution in [3.8, 4) is 5.69 Å². The maximum atomic E-state index is 13.3. The van der Waals surface area contributed by atoms with Crippen molar-refractivity contribution >= 4 is 61.2 Å². The van der Waals surface area contributed by atoms with E-state index in [1.165, 1.54) is 22.0 Å². The molecule has 2 aliphatic rings. The van der Waals surface area contributed by atoms with Crippen LogP contribution in [-0.4, -0.2) is 35.0 Å². The Hall–Kier alpha value is -2.37. The topological polar surface area (TPSA) is 88.5 Å². The van der Waals surface area contributed by atoms with Gasteiger partial charge in [0, 0.05) is 46.4 Å². The fourth-order valence-electron chi connectivity index (χ4n) is 4.15. The van der Waals surface area contributed by atoms with Gasteiger partial charge in [0.2, 0.25) is 19.5 Å². The van der Waals surface area contributed by atoms with Gasteiger partial charge >= 0.3 is 0 Å². The van der Waals surface area contributed by atoms with Gasteiger partial charge in [-0.15, -0.1) is 11.3 Å². The molecule has 35 heavy (non-hydrogen) atoms. The molecule has 0 bridgehead atoms. The second-order valence-electron chi connectivity index (χ2n) is 8.24. The number of nitrogens with zero attached hydrogens (tertiary/aromatic N) is 2. The van der Waals surface area contributed by atoms with E-state index in [4.69, 9.17) is 11.6 Å². The maximum absolute atomic E-state index is 13.3. The maximum Gasteiger partial charge on any atom is 0.255 e. The van der Waals surface area contributed by atoms with Crippen LogP contribution in [0.15, 0.2) is 77.0 Å². The highest BCUT2D eigenvalue weighted by molar-refractivity contribution is 8.21. The summed E-state index contributed by atoms with van der Waals surface area (Å²) in [5.74, 6) is -0.320. The van der Waals surface area contributed by atoms with Gasteiger partial charge in [0.25, 0.3) is 5.56 Å². The van der Waals surface area contributed by atoms with Gasteiger partial charge in [-0.2, -0.15) is 0 Å². The second-order valence-corrected chi connectivity index (χ2v) is 13.8. The van der Waals surface area contributed by atoms with Gasteiger partial charge in [-0.1, -0.05) is 41.6 Å². The highest BCUT2D eigenvalue weighted by Crippen LogP contribution is 2.53. The molecule has 7 nitrogen and oxygen atoms in total. The van der Waals surface area contributed by atoms with Crippen LogP contribution < -0.4 is 15.2 Å². The molecule has 2 atom stereocenters. The first-order valence-electron chi connectivity index (χ1n) is 11.0. The molecule has 1 saturated heterocycles. The molecule has 11 heteroatoms. The average Bonchev–Trinajstić information content (AvgIpc) is 3.52. The smallest absolute Gasteiger partial charge is 0.255 e. The predicted molar refractivity (Wildman–Crippen MR) is 143 cm³/mol. The Balaban J connectivity index is 1.30. The molecule has 182 valence electrons. The van der Waals surface area contributed by atoms with Crippen LogP contribution in [0.2, 0.25) is 0 Å². The summed E-state index contributed by atoms with van der Waals surface area (Å²) < 4.78 is 29.0. The van der Waals surface area contributed by atoms with E-state index in [1.54, 1.807) is 47.5 Å². The number of carbonyl (C=O) groups excluding carboxylic acids is 1. The Morgan fingerprint density at radius 2 is 1.80 bits per heavy atom. The third-order valence-corrected chi connectivity index (χ3v) is 11.5. The summed E-state index contributed by atoms with van der Waals surface area (Å²) in [4.78, 5) is 28.7. The van der Waals surface area contributed by atoms with Crippen LogP contribution in [0.4, 0.5) is 5.69 Å². The molecule has 2 aromatic heterocycles. The van der Waals surface area contributed by atoms with Gasteiger partial charge in [-0.3, -0.25) is 14.2 Å². The quantitative estimate of drug-likeness (QED) is 0.463. The Bertz CT molecular complexity index is 1440. The summed E-state index contributed by atoms with van der Waals surface area (Å²) in [5, 5.41) is 1.93. The van der Waals surface area contributed by atoms with E-state index in [0.29, 0.717) is 30.8 Å². The van der Waals surface area contributed by atoms with Crippen molar-refractivity contribution < 1.29 is 13.2 Å². The number of thioether (sulfide) groups is 1. The predicted octanol–water partition coefficient (Wildman–Crippen LogP) is 4.38. The molecule has 4 heterocycles. The van der Waals surface area contributed by atoms with Crippen molar-refractivity contribution in [2.24, 2.45) is 0 Å². The molecule has 0 saturated carbocycles. The first-order chi connectivity index (χ1) is 16.8. The monoisotopic (exact) mass is 547 g/mol. The van der Waals surface area contributed by atoms with Gasteiger partial charge in [0.05, 0.1) is 0 Å². The standard InChI is InChI=1S/C24H22ClN3O4S3/c25-24(13-12-21(34-24)20-6-4-16-33-20)35(31,32)26-19-5-3-15-28(23(19)30)18-10-8-17(9-11-18)27-14-2-1-7-22(27)29/h1-2,4,6-12,14,16,19,26H,3,5,13,15H2. The number of halogens is 1. The van der Waals surface area contributed by atoms with Crippen LogP contribution in [0.25, 0.3) is 10.6 Å². The van der Waals surface area contributed by atoms with E-state index in [1.807, 2.05) is 23.6 Å². The van der Waals surface area contributed by atoms with E-state index in [0.717, 1.165) is 21.5 Å². The lowest BCUT2D eigenvalue weighted by atomic mass is 10.0. The summed E-state index contributed by atoms with van der Waals surface area (Å²) in [6.45, 7) is 0.479. The summed E-state index contributed by atoms with van der Waals surface area (Å²) in [7, 11) is -4.02. The number of anilines is 1. The Morgan fingerprint density at radius 3 is 2.51 bits per heavy atom. The first-order valence-corrected chi connectivity index (χ1v) is 14.6. The second kappa shape index (κ2) is 9.59. The summed E-state index contributed by atoms with van der Waals surface area (Å²) in [6, 6.07) is 14.9. The van der Waals surface area contributed by atoms with E-state index in [9.17, 15) is 18.0 Å². The van der Waals surface area contributed by atoms with Gasteiger partial charge in [-0.05, 0) is 54.6 Å². The molecule has 3 aromatic rings. The Kier molecular flexibility index (Phi) is 6.67. The molecule has 1 fully saturated rings. The van der Waals surface area contributed by atoms with Crippen LogP contribution in [-0.2, 0) is 14.8 Å². The van der Waals surface area contributed by atoms with Crippen molar-refractivity contribution in [1.29, 1.82) is 0 Å². The lowest BCUT2D eigenvalue weighted by Gasteiger charge is -2.34. The Labute approximate surface area is 216 Å². The molecule has 2 unspecified atom stereocenters. The molecule has 0 aliphatic carbocycles. The molecule has 0 spiro atoms. The largest absolute Gasteiger partial charge is 0.311 e. The van der Waals surface area contributed by atoms with Crippen LogP contribution in [0.3, 0.4) is 0 Å². The van der Waals surface area contributed by atoms with E-state index < -0.39 is 19.6 Å². The number of hydrogen-bond acceptors (Lipinski definition) is 6. The molecular weight excluding hydrogens is 526 g/mol. The number of benzene rings is 1. The van der Waals surface area contributed by atoms with Crippen molar-refractivity contribution in [3.05, 3.63) is 87.5 Å². The number of alkyl halides is 1. The van der Waals surface area contributed by atoms with Crippen molar-refractivity contribution in [1.82, 2.24) is 9.29 Å². The van der Waals surface area contributed by atoms with E-state index in [2.05, 4.69) is 4.72 Å². The van der Waals surface area contributed by atoms with Crippen LogP contribution >= 0.6 is 34.7 Å². The minimum absolute atomic E-state index is 0.146. The third-order valence-electron chi connectivity index (χ3n) is 5.96. The molecule has 2 aliphatic heterocycles. The lowest BCUT2D eigenvalue weighted by molar-refractivity contribution is -0.121. The highest BCUT2D eigenvalue weighted by Gasteiger charge is 2.48. The number of rotatable bonds is 6. The molecular formula is C24H22ClN3O4S3. The number of nitrogens with one attached hydrogen (secondary N) is 1. The molecule has 1 N–H and O–H groups in total. The van der Waals surface area contributed by atoms with Gasteiger partial charge in [-0.25, -0.2) is 13.1 Å². The van der Waals surface area contributed by atoms with Crippen LogP contribution in [0.1, 0.15) is 24.1 Å². The summed E-state index contributed by atoms with van der Waals surface area (Å²) in [5.41, 5.74) is 1.17. The fourth-order valence-corrected chi connectivity index (χ4v) is 8.29. The SMILES string of the molecule is O=C1C(NS(=O)(=O)C2(Cl)CC=C(c3cccs3)S2)CCCN1c1ccc(-n2ccccc2=O)cc1. The number of aromatic nitrogens is 1. The molecule has 5 rings (SSSR count). The van der Waals surface area contributed by atoms with E-state index >= 15 is 0 Å². The minimum atomic E-state index is -4.02. The summed E-state index contributed by atoms with van der Waals surface area (Å²) >= 11 is 9.22. The fraction of sp³-hybridized carbons (Fsp3) is 0.250. The first kappa shape index (κ1) is 24.3. The van der Waals surface area contributed by atoms with Crippen LogP contribution in [0, 0.1) is 0 Å². The number of sulfonamides is 1. The van der Waals surface area contributed by atoms with Crippen LogP contribution in [0.5, 0.6) is 0 Å². The molecule has 1 aromatic carbocycles. The zero-order valence-corrected chi connectivity index (χ0v) is 21.7. The van der Waals surface area contributed by atoms with Crippen molar-refractivity contribution in [2.45, 2.75) is 28.8 Å². The number of hydrogen-bond donors (Lipinski definition) is 1. The molecule has 1 amide bonds. The number of amides is 1. The lowest BCUT2D eigenvalue weighted by Crippen LogP contribution is -2.54. The zero-order valence-electron chi connectivity index (χ0n) is 18.5. The van der Waals surface area contributed by atoms with Gasteiger partial charge in [0.15, 0.2) is 0 Å². The van der Waals surface area contributed by atoms with E-state index in [-0.39, 0.29) is 17.9 Å². The van der Waals surface area contributed by atoms with Gasteiger partial charge in [0.1, 0.15) is 6.04 Å². The number of pyridine rings is 1. The number of carbonyl (C=O) groups is 1. The average molecular weight is 548 g/mol. The Morgan fingerprint density at radius 1 is 1.03 bits per heavy atom. The molecule has 0 radical (unpaired) electrons. The number of allylic oxidation sites excluding steroid dienone is 1. The van der Waals surface area contributed by atoms with Crippen molar-refractivity contribution in [3.63, 3.8) is 0 Å². The van der Waals surface area contributed by atoms with Crippen molar-refractivity contribution in [2.75, 3.05) is 11.4 Å². The van der Waals surface area contributed by atoms with Gasteiger partial charge < -0.3 is 4.90 Å². The summed E-state index contributed by atoms with van der Waals surface area (Å²) in [6.07, 6.45) is 4.69. The normalized spacial score (nSPS) is 22.9. The number of piperidine rings is 1.